The summed E-state index contributed by atoms with van der Waals surface area (Å²) in [5.74, 6) is -0.262. The van der Waals surface area contributed by atoms with Gasteiger partial charge in [-0.2, -0.15) is 0 Å². The zero-order chi connectivity index (χ0) is 13.8. The van der Waals surface area contributed by atoms with Crippen molar-refractivity contribution in [3.63, 3.8) is 0 Å². The van der Waals surface area contributed by atoms with Gasteiger partial charge in [0, 0.05) is 11.4 Å². The summed E-state index contributed by atoms with van der Waals surface area (Å²) in [4.78, 5) is 0. The zero-order valence-electron chi connectivity index (χ0n) is 10.4. The molecule has 2 aromatic carbocycles. The number of ether oxygens (including phenoxy) is 1. The van der Waals surface area contributed by atoms with Gasteiger partial charge in [0.1, 0.15) is 0 Å². The van der Waals surface area contributed by atoms with E-state index in [-0.39, 0.29) is 12.2 Å². The Hall–Kier alpha value is -1.58. The standard InChI is InChI=1S/C15H14ClFO2/c1-19-14-7-3-5-11(15(14)17)9-13(18)10-4-2-6-12(16)8-10/h2-8,13,18H,9H2,1H3. The van der Waals surface area contributed by atoms with Gasteiger partial charge in [-0.3, -0.25) is 0 Å². The van der Waals surface area contributed by atoms with Gasteiger partial charge in [-0.1, -0.05) is 35.9 Å². The third-order valence-electron chi connectivity index (χ3n) is 2.91. The molecular formula is C15H14ClFO2. The van der Waals surface area contributed by atoms with Crippen LogP contribution < -0.4 is 4.74 Å². The topological polar surface area (TPSA) is 29.5 Å². The lowest BCUT2D eigenvalue weighted by Crippen LogP contribution is -2.04. The second-order valence-electron chi connectivity index (χ2n) is 4.21. The molecule has 0 bridgehead atoms. The Morgan fingerprint density at radius 2 is 2.00 bits per heavy atom. The van der Waals surface area contributed by atoms with Gasteiger partial charge in [-0.25, -0.2) is 4.39 Å². The molecule has 1 N–H and O–H groups in total. The van der Waals surface area contributed by atoms with Crippen molar-refractivity contribution < 1.29 is 14.2 Å². The first kappa shape index (κ1) is 13.8. The fourth-order valence-corrected chi connectivity index (χ4v) is 2.11. The first-order valence-electron chi connectivity index (χ1n) is 5.86. The van der Waals surface area contributed by atoms with E-state index in [2.05, 4.69) is 0 Å². The van der Waals surface area contributed by atoms with Crippen molar-refractivity contribution in [2.24, 2.45) is 0 Å². The molecule has 0 aliphatic heterocycles. The fraction of sp³-hybridized carbons (Fsp3) is 0.200. The molecule has 0 aromatic heterocycles. The van der Waals surface area contributed by atoms with Gasteiger partial charge in [-0.05, 0) is 29.3 Å². The molecule has 100 valence electrons. The van der Waals surface area contributed by atoms with E-state index in [1.165, 1.54) is 7.11 Å². The van der Waals surface area contributed by atoms with E-state index < -0.39 is 11.9 Å². The van der Waals surface area contributed by atoms with Crippen molar-refractivity contribution in [1.82, 2.24) is 0 Å². The van der Waals surface area contributed by atoms with E-state index >= 15 is 0 Å². The Kier molecular flexibility index (Phi) is 4.40. The highest BCUT2D eigenvalue weighted by Gasteiger charge is 2.14. The van der Waals surface area contributed by atoms with Gasteiger partial charge in [0.25, 0.3) is 0 Å². The van der Waals surface area contributed by atoms with Gasteiger partial charge >= 0.3 is 0 Å². The monoisotopic (exact) mass is 280 g/mol. The predicted molar refractivity (Wildman–Crippen MR) is 73.1 cm³/mol. The van der Waals surface area contributed by atoms with Crippen molar-refractivity contribution in [1.29, 1.82) is 0 Å². The molecule has 19 heavy (non-hydrogen) atoms. The second-order valence-corrected chi connectivity index (χ2v) is 4.64. The van der Waals surface area contributed by atoms with E-state index in [0.29, 0.717) is 16.1 Å². The van der Waals surface area contributed by atoms with Gasteiger partial charge in [0.05, 0.1) is 13.2 Å². The number of hydrogen-bond donors (Lipinski definition) is 1. The Morgan fingerprint density at radius 1 is 1.26 bits per heavy atom. The number of methoxy groups -OCH3 is 1. The number of benzene rings is 2. The van der Waals surface area contributed by atoms with Crippen LogP contribution in [0.2, 0.25) is 5.02 Å². The van der Waals surface area contributed by atoms with Crippen LogP contribution in [-0.4, -0.2) is 12.2 Å². The maximum atomic E-state index is 14.0. The lowest BCUT2D eigenvalue weighted by atomic mass is 10.0. The molecule has 2 rings (SSSR count). The second kappa shape index (κ2) is 6.04. The summed E-state index contributed by atoms with van der Waals surface area (Å²) in [7, 11) is 1.41. The molecule has 2 aromatic rings. The van der Waals surface area contributed by atoms with Crippen LogP contribution >= 0.6 is 11.6 Å². The summed E-state index contributed by atoms with van der Waals surface area (Å²) in [6.07, 6.45) is -0.635. The van der Waals surface area contributed by atoms with Crippen LogP contribution in [-0.2, 0) is 6.42 Å². The lowest BCUT2D eigenvalue weighted by molar-refractivity contribution is 0.177. The molecule has 0 aliphatic carbocycles. The summed E-state index contributed by atoms with van der Waals surface area (Å²) < 4.78 is 18.9. The van der Waals surface area contributed by atoms with E-state index in [9.17, 15) is 9.50 Å². The molecule has 0 fully saturated rings. The Bertz CT molecular complexity index is 572. The summed E-state index contributed by atoms with van der Waals surface area (Å²) in [6.45, 7) is 0. The molecule has 4 heteroatoms. The molecule has 0 saturated carbocycles. The van der Waals surface area contributed by atoms with Crippen LogP contribution in [0.5, 0.6) is 5.75 Å². The first-order valence-corrected chi connectivity index (χ1v) is 6.24. The number of rotatable bonds is 4. The van der Waals surface area contributed by atoms with Gasteiger partial charge in [0.2, 0.25) is 0 Å². The van der Waals surface area contributed by atoms with Gasteiger partial charge in [-0.15, -0.1) is 0 Å². The van der Waals surface area contributed by atoms with Crippen LogP contribution in [0.4, 0.5) is 4.39 Å². The molecule has 1 unspecified atom stereocenters. The van der Waals surface area contributed by atoms with Gasteiger partial charge < -0.3 is 9.84 Å². The molecule has 1 atom stereocenters. The van der Waals surface area contributed by atoms with Crippen LogP contribution in [0.3, 0.4) is 0 Å². The Morgan fingerprint density at radius 3 is 2.68 bits per heavy atom. The van der Waals surface area contributed by atoms with Gasteiger partial charge in [0.15, 0.2) is 11.6 Å². The van der Waals surface area contributed by atoms with E-state index in [1.54, 1.807) is 42.5 Å². The predicted octanol–water partition coefficient (Wildman–Crippen LogP) is 3.76. The largest absolute Gasteiger partial charge is 0.494 e. The molecule has 0 radical (unpaired) electrons. The minimum Gasteiger partial charge on any atom is -0.494 e. The Balaban J connectivity index is 2.21. The lowest BCUT2D eigenvalue weighted by Gasteiger charge is -2.13. The number of hydrogen-bond acceptors (Lipinski definition) is 2. The number of aliphatic hydroxyl groups is 1. The number of halogens is 2. The normalized spacial score (nSPS) is 12.2. The SMILES string of the molecule is COc1cccc(CC(O)c2cccc(Cl)c2)c1F. The van der Waals surface area contributed by atoms with Crippen LogP contribution in [0.1, 0.15) is 17.2 Å². The van der Waals surface area contributed by atoms with Crippen molar-refractivity contribution in [3.8, 4) is 5.75 Å². The highest BCUT2D eigenvalue weighted by Crippen LogP contribution is 2.26. The summed E-state index contributed by atoms with van der Waals surface area (Å²) >= 11 is 5.87. The van der Waals surface area contributed by atoms with E-state index in [4.69, 9.17) is 16.3 Å². The summed E-state index contributed by atoms with van der Waals surface area (Å²) in [5, 5.41) is 10.7. The molecule has 0 saturated heterocycles. The quantitative estimate of drug-likeness (QED) is 0.924. The van der Waals surface area contributed by atoms with E-state index in [0.717, 1.165) is 0 Å². The average Bonchev–Trinajstić information content (AvgIpc) is 2.41. The van der Waals surface area contributed by atoms with Crippen molar-refractivity contribution in [2.45, 2.75) is 12.5 Å². The molecule has 0 aliphatic rings. The van der Waals surface area contributed by atoms with Crippen molar-refractivity contribution >= 4 is 11.6 Å². The smallest absolute Gasteiger partial charge is 0.168 e. The van der Waals surface area contributed by atoms with Crippen molar-refractivity contribution in [2.75, 3.05) is 7.11 Å². The molecule has 0 heterocycles. The highest BCUT2D eigenvalue weighted by molar-refractivity contribution is 6.30. The van der Waals surface area contributed by atoms with Crippen LogP contribution in [0.25, 0.3) is 0 Å². The summed E-state index contributed by atoms with van der Waals surface area (Å²) in [5.41, 5.74) is 1.07. The third kappa shape index (κ3) is 3.25. The average molecular weight is 281 g/mol. The van der Waals surface area contributed by atoms with Crippen LogP contribution in [0, 0.1) is 5.82 Å². The molecular weight excluding hydrogens is 267 g/mol. The maximum Gasteiger partial charge on any atom is 0.168 e. The van der Waals surface area contributed by atoms with Crippen molar-refractivity contribution in [3.05, 3.63) is 64.4 Å². The number of aliphatic hydroxyl groups excluding tert-OH is 1. The summed E-state index contributed by atoms with van der Waals surface area (Å²) in [6, 6.07) is 11.8. The highest BCUT2D eigenvalue weighted by atomic mass is 35.5. The zero-order valence-corrected chi connectivity index (χ0v) is 11.2. The fourth-order valence-electron chi connectivity index (χ4n) is 1.91. The maximum absolute atomic E-state index is 14.0. The minimum atomic E-state index is -0.805. The first-order chi connectivity index (χ1) is 9.11. The van der Waals surface area contributed by atoms with Crippen LogP contribution in [0.15, 0.2) is 42.5 Å². The molecule has 0 amide bonds. The van der Waals surface area contributed by atoms with E-state index in [1.807, 2.05) is 0 Å². The third-order valence-corrected chi connectivity index (χ3v) is 3.14. The minimum absolute atomic E-state index is 0.170. The molecule has 0 spiro atoms. The molecule has 2 nitrogen and oxygen atoms in total. The Labute approximate surface area is 116 Å².